The van der Waals surface area contributed by atoms with Crippen molar-refractivity contribution in [3.63, 3.8) is 0 Å². The highest BCUT2D eigenvalue weighted by Crippen LogP contribution is 2.20. The van der Waals surface area contributed by atoms with Crippen LogP contribution < -0.4 is 0 Å². The molecule has 0 fully saturated rings. The highest BCUT2D eigenvalue weighted by atomic mass is 32.2. The second kappa shape index (κ2) is 5.81. The predicted molar refractivity (Wildman–Crippen MR) is 63.3 cm³/mol. The molecule has 0 spiro atoms. The summed E-state index contributed by atoms with van der Waals surface area (Å²) in [5, 5.41) is 0. The first-order chi connectivity index (χ1) is 7.21. The number of rotatable bonds is 4. The van der Waals surface area contributed by atoms with Crippen molar-refractivity contribution < 1.29 is 9.53 Å². The number of methoxy groups -OCH3 is 1. The SMILES string of the molecule is CCc1cc(SC)ccc1CC(=O)OC. The van der Waals surface area contributed by atoms with Gasteiger partial charge in [0.15, 0.2) is 0 Å². The highest BCUT2D eigenvalue weighted by molar-refractivity contribution is 7.98. The number of esters is 1. The van der Waals surface area contributed by atoms with E-state index in [0.29, 0.717) is 6.42 Å². The minimum Gasteiger partial charge on any atom is -0.469 e. The van der Waals surface area contributed by atoms with Gasteiger partial charge in [0.05, 0.1) is 13.5 Å². The van der Waals surface area contributed by atoms with Gasteiger partial charge in [-0.3, -0.25) is 4.79 Å². The summed E-state index contributed by atoms with van der Waals surface area (Å²) in [5.74, 6) is -0.179. The summed E-state index contributed by atoms with van der Waals surface area (Å²) in [7, 11) is 1.42. The maximum atomic E-state index is 11.2. The third-order valence-electron chi connectivity index (χ3n) is 2.36. The molecule has 0 aliphatic carbocycles. The van der Waals surface area contributed by atoms with Gasteiger partial charge in [-0.2, -0.15) is 0 Å². The number of carbonyl (C=O) groups excluding carboxylic acids is 1. The summed E-state index contributed by atoms with van der Waals surface area (Å²) in [6, 6.07) is 6.20. The normalized spacial score (nSPS) is 10.1. The van der Waals surface area contributed by atoms with Gasteiger partial charge in [-0.05, 0) is 35.9 Å². The lowest BCUT2D eigenvalue weighted by Crippen LogP contribution is -2.06. The Hall–Kier alpha value is -0.960. The molecule has 0 radical (unpaired) electrons. The number of benzene rings is 1. The topological polar surface area (TPSA) is 26.3 Å². The van der Waals surface area contributed by atoms with E-state index in [9.17, 15) is 4.79 Å². The van der Waals surface area contributed by atoms with Gasteiger partial charge in [-0.25, -0.2) is 0 Å². The van der Waals surface area contributed by atoms with Crippen molar-refractivity contribution in [3.8, 4) is 0 Å². The van der Waals surface area contributed by atoms with Gasteiger partial charge >= 0.3 is 5.97 Å². The van der Waals surface area contributed by atoms with Gasteiger partial charge in [0.1, 0.15) is 0 Å². The minimum atomic E-state index is -0.179. The van der Waals surface area contributed by atoms with Gasteiger partial charge in [0.2, 0.25) is 0 Å². The number of thioether (sulfide) groups is 1. The molecule has 82 valence electrons. The van der Waals surface area contributed by atoms with Crippen LogP contribution in [0.4, 0.5) is 0 Å². The summed E-state index contributed by atoms with van der Waals surface area (Å²) in [4.78, 5) is 12.4. The molecule has 2 nitrogen and oxygen atoms in total. The van der Waals surface area contributed by atoms with Crippen LogP contribution in [0.1, 0.15) is 18.1 Å². The molecule has 0 unspecified atom stereocenters. The first kappa shape index (κ1) is 12.1. The molecule has 15 heavy (non-hydrogen) atoms. The second-order valence-electron chi connectivity index (χ2n) is 3.24. The predicted octanol–water partition coefficient (Wildman–Crippen LogP) is 2.69. The Morgan fingerprint density at radius 3 is 2.67 bits per heavy atom. The molecule has 1 aromatic rings. The molecule has 0 heterocycles. The fourth-order valence-corrected chi connectivity index (χ4v) is 1.92. The van der Waals surface area contributed by atoms with Crippen molar-refractivity contribution in [3.05, 3.63) is 29.3 Å². The fraction of sp³-hybridized carbons (Fsp3) is 0.417. The van der Waals surface area contributed by atoms with Crippen LogP contribution in [0.3, 0.4) is 0 Å². The molecule has 3 heteroatoms. The summed E-state index contributed by atoms with van der Waals surface area (Å²) >= 11 is 1.72. The van der Waals surface area contributed by atoms with Crippen LogP contribution in [0.5, 0.6) is 0 Å². The molecule has 0 atom stereocenters. The van der Waals surface area contributed by atoms with Crippen LogP contribution in [0.25, 0.3) is 0 Å². The Morgan fingerprint density at radius 1 is 1.40 bits per heavy atom. The van der Waals surface area contributed by atoms with Crippen LogP contribution in [0.2, 0.25) is 0 Å². The molecule has 1 aromatic carbocycles. The number of aryl methyl sites for hydroxylation is 1. The van der Waals surface area contributed by atoms with E-state index in [2.05, 4.69) is 24.0 Å². The number of carbonyl (C=O) groups is 1. The Labute approximate surface area is 95.0 Å². The van der Waals surface area contributed by atoms with Crippen LogP contribution in [-0.2, 0) is 22.4 Å². The summed E-state index contributed by atoms with van der Waals surface area (Å²) in [6.45, 7) is 2.10. The monoisotopic (exact) mass is 224 g/mol. The van der Waals surface area contributed by atoms with Crippen LogP contribution in [-0.4, -0.2) is 19.3 Å². The molecule has 0 aliphatic rings. The van der Waals surface area contributed by atoms with Crippen molar-refractivity contribution >= 4 is 17.7 Å². The van der Waals surface area contributed by atoms with E-state index >= 15 is 0 Å². The largest absolute Gasteiger partial charge is 0.469 e. The summed E-state index contributed by atoms with van der Waals surface area (Å²) in [5.41, 5.74) is 2.30. The van der Waals surface area contributed by atoms with E-state index in [1.54, 1.807) is 11.8 Å². The van der Waals surface area contributed by atoms with Crippen molar-refractivity contribution in [2.24, 2.45) is 0 Å². The van der Waals surface area contributed by atoms with E-state index in [4.69, 9.17) is 0 Å². The quantitative estimate of drug-likeness (QED) is 0.581. The Morgan fingerprint density at radius 2 is 2.13 bits per heavy atom. The van der Waals surface area contributed by atoms with Crippen LogP contribution in [0, 0.1) is 0 Å². The lowest BCUT2D eigenvalue weighted by molar-refractivity contribution is -0.139. The third kappa shape index (κ3) is 3.27. The maximum absolute atomic E-state index is 11.2. The fourth-order valence-electron chi connectivity index (χ4n) is 1.46. The molecule has 0 amide bonds. The van der Waals surface area contributed by atoms with Gasteiger partial charge < -0.3 is 4.74 Å². The molecular formula is C12H16O2S. The van der Waals surface area contributed by atoms with E-state index in [1.807, 2.05) is 12.1 Å². The zero-order chi connectivity index (χ0) is 11.3. The molecule has 1 rings (SSSR count). The van der Waals surface area contributed by atoms with Crippen molar-refractivity contribution in [1.82, 2.24) is 0 Å². The molecule has 0 saturated heterocycles. The van der Waals surface area contributed by atoms with Gasteiger partial charge in [-0.1, -0.05) is 13.0 Å². The summed E-state index contributed by atoms with van der Waals surface area (Å²) < 4.78 is 4.67. The van der Waals surface area contributed by atoms with E-state index in [1.165, 1.54) is 17.6 Å². The number of ether oxygens (including phenoxy) is 1. The molecular weight excluding hydrogens is 208 g/mol. The summed E-state index contributed by atoms with van der Waals surface area (Å²) in [6.07, 6.45) is 3.36. The third-order valence-corrected chi connectivity index (χ3v) is 3.08. The Balaban J connectivity index is 2.92. The lowest BCUT2D eigenvalue weighted by atomic mass is 10.0. The highest BCUT2D eigenvalue weighted by Gasteiger charge is 2.07. The minimum absolute atomic E-state index is 0.179. The van der Waals surface area contributed by atoms with E-state index in [0.717, 1.165) is 12.0 Å². The van der Waals surface area contributed by atoms with Crippen LogP contribution in [0.15, 0.2) is 23.1 Å². The standard InChI is InChI=1S/C12H16O2S/c1-4-9-7-11(15-3)6-5-10(9)8-12(13)14-2/h5-7H,4,8H2,1-3H3. The maximum Gasteiger partial charge on any atom is 0.309 e. The van der Waals surface area contributed by atoms with E-state index < -0.39 is 0 Å². The van der Waals surface area contributed by atoms with Gasteiger partial charge in [0.25, 0.3) is 0 Å². The van der Waals surface area contributed by atoms with E-state index in [-0.39, 0.29) is 5.97 Å². The molecule has 0 N–H and O–H groups in total. The Bertz CT molecular complexity index is 347. The second-order valence-corrected chi connectivity index (χ2v) is 4.12. The van der Waals surface area contributed by atoms with Gasteiger partial charge in [-0.15, -0.1) is 11.8 Å². The average molecular weight is 224 g/mol. The van der Waals surface area contributed by atoms with Crippen molar-refractivity contribution in [2.45, 2.75) is 24.7 Å². The van der Waals surface area contributed by atoms with Crippen molar-refractivity contribution in [1.29, 1.82) is 0 Å². The molecule has 0 aromatic heterocycles. The first-order valence-electron chi connectivity index (χ1n) is 4.93. The zero-order valence-electron chi connectivity index (χ0n) is 9.37. The lowest BCUT2D eigenvalue weighted by Gasteiger charge is -2.08. The smallest absolute Gasteiger partial charge is 0.309 e. The number of hydrogen-bond acceptors (Lipinski definition) is 3. The number of hydrogen-bond donors (Lipinski definition) is 0. The first-order valence-corrected chi connectivity index (χ1v) is 6.16. The van der Waals surface area contributed by atoms with Gasteiger partial charge in [0, 0.05) is 4.90 Å². The zero-order valence-corrected chi connectivity index (χ0v) is 10.2. The van der Waals surface area contributed by atoms with Crippen molar-refractivity contribution in [2.75, 3.05) is 13.4 Å². The Kier molecular flexibility index (Phi) is 4.69. The van der Waals surface area contributed by atoms with Crippen LogP contribution >= 0.6 is 11.8 Å². The molecule has 0 bridgehead atoms. The average Bonchev–Trinajstić information content (AvgIpc) is 2.29. The molecule has 0 aliphatic heterocycles. The molecule has 0 saturated carbocycles.